The smallest absolute Gasteiger partial charge is 0.245 e. The summed E-state index contributed by atoms with van der Waals surface area (Å²) in [4.78, 5) is 18.3. The summed E-state index contributed by atoms with van der Waals surface area (Å²) in [5.74, 6) is -0.115. The Balaban J connectivity index is 2.63. The summed E-state index contributed by atoms with van der Waals surface area (Å²) < 4.78 is 25.7. The Kier molecular flexibility index (Phi) is 1.90. The number of hydrogen-bond donors (Lipinski definition) is 1. The molecule has 80 valence electrons. The number of nitrogens with one attached hydrogen (secondary N) is 1. The first-order chi connectivity index (χ1) is 6.90. The zero-order valence-corrected chi connectivity index (χ0v) is 8.87. The van der Waals surface area contributed by atoms with Crippen LogP contribution in [0.1, 0.15) is 13.8 Å². The van der Waals surface area contributed by atoms with Crippen LogP contribution in [0.25, 0.3) is 0 Å². The Labute approximate surface area is 86.4 Å². The van der Waals surface area contributed by atoms with Crippen molar-refractivity contribution in [3.8, 4) is 0 Å². The Bertz CT molecular complexity index is 528. The fraction of sp³-hybridized carbons (Fsp3) is 0.286. The Hall–Kier alpha value is -1.70. The summed E-state index contributed by atoms with van der Waals surface area (Å²) in [6, 6.07) is -0.924. The minimum atomic E-state index is -3.88. The second-order valence-corrected chi connectivity index (χ2v) is 4.65. The quantitative estimate of drug-likeness (QED) is 0.632. The van der Waals surface area contributed by atoms with Crippen LogP contribution in [-0.2, 0) is 10.2 Å². The topological polar surface area (TPSA) is 91.2 Å². The van der Waals surface area contributed by atoms with Crippen LogP contribution in [0.5, 0.6) is 0 Å². The van der Waals surface area contributed by atoms with Gasteiger partial charge in [-0.25, -0.2) is 14.5 Å². The van der Waals surface area contributed by atoms with E-state index in [1.807, 2.05) is 0 Å². The molecule has 0 aromatic rings. The number of allylic oxidation sites excluding steroid dienone is 2. The fourth-order valence-electron chi connectivity index (χ4n) is 1.39. The Morgan fingerprint density at radius 3 is 2.67 bits per heavy atom. The molecule has 2 aliphatic rings. The van der Waals surface area contributed by atoms with Crippen molar-refractivity contribution < 1.29 is 13.2 Å². The van der Waals surface area contributed by atoms with E-state index in [0.717, 1.165) is 4.31 Å². The van der Waals surface area contributed by atoms with Gasteiger partial charge in [-0.3, -0.25) is 0 Å². The van der Waals surface area contributed by atoms with E-state index < -0.39 is 16.2 Å². The lowest BCUT2D eigenvalue weighted by Crippen LogP contribution is -2.50. The number of urea groups is 1. The molecule has 0 spiro atoms. The molecular formula is C7H8N4O3S. The van der Waals surface area contributed by atoms with Gasteiger partial charge in [0.25, 0.3) is 0 Å². The maximum atomic E-state index is 11.5. The molecule has 8 heteroatoms. The lowest BCUT2D eigenvalue weighted by molar-refractivity contribution is 0.252. The molecule has 0 aromatic heterocycles. The van der Waals surface area contributed by atoms with Gasteiger partial charge in [0.2, 0.25) is 5.96 Å². The molecule has 1 N–H and O–H groups in total. The molecule has 15 heavy (non-hydrogen) atoms. The summed E-state index contributed by atoms with van der Waals surface area (Å²) in [7, 11) is -3.88. The van der Waals surface area contributed by atoms with Crippen molar-refractivity contribution in [3.05, 3.63) is 11.8 Å². The van der Waals surface area contributed by atoms with Crippen molar-refractivity contribution in [2.45, 2.75) is 13.8 Å². The molecule has 0 saturated carbocycles. The van der Waals surface area contributed by atoms with Crippen LogP contribution < -0.4 is 4.72 Å². The number of aliphatic imine (C=N–C) groups is 2. The number of hydrogen-bond acceptors (Lipinski definition) is 4. The van der Waals surface area contributed by atoms with Gasteiger partial charge in [-0.1, -0.05) is 0 Å². The standard InChI is InChI=1S/C7H8N4O3S/c1-4-3-5(2)11-6(8-4)9-7(12)10-15(11,13)14/h3H,1-2H3,(H,10,12). The fourth-order valence-corrected chi connectivity index (χ4v) is 2.48. The van der Waals surface area contributed by atoms with Gasteiger partial charge in [0, 0.05) is 11.4 Å². The number of fused-ring (bicyclic) bond motifs is 1. The first-order valence-electron chi connectivity index (χ1n) is 4.09. The first kappa shape index (κ1) is 9.84. The van der Waals surface area contributed by atoms with Gasteiger partial charge < -0.3 is 0 Å². The lowest BCUT2D eigenvalue weighted by atomic mass is 10.3. The molecule has 0 atom stereocenters. The SMILES string of the molecule is CC1=CC(C)=NC2=NC(=O)NS(=O)(=O)N12. The number of carbonyl (C=O) groups excluding carboxylic acids is 1. The van der Waals surface area contributed by atoms with Crippen LogP contribution in [0.3, 0.4) is 0 Å². The maximum absolute atomic E-state index is 11.5. The summed E-state index contributed by atoms with van der Waals surface area (Å²) in [5, 5.41) is 0. The average molecular weight is 228 g/mol. The van der Waals surface area contributed by atoms with Crippen LogP contribution in [0.4, 0.5) is 4.79 Å². The van der Waals surface area contributed by atoms with Gasteiger partial charge in [-0.2, -0.15) is 17.7 Å². The van der Waals surface area contributed by atoms with Crippen LogP contribution in [0.2, 0.25) is 0 Å². The summed E-state index contributed by atoms with van der Waals surface area (Å²) in [6.07, 6.45) is 1.59. The van der Waals surface area contributed by atoms with E-state index in [1.165, 1.54) is 0 Å². The van der Waals surface area contributed by atoms with Crippen LogP contribution in [0.15, 0.2) is 21.8 Å². The Morgan fingerprint density at radius 1 is 1.33 bits per heavy atom. The van der Waals surface area contributed by atoms with E-state index in [4.69, 9.17) is 0 Å². The van der Waals surface area contributed by atoms with Crippen molar-refractivity contribution in [2.24, 2.45) is 9.98 Å². The number of carbonyl (C=O) groups is 1. The molecule has 0 fully saturated rings. The second-order valence-electron chi connectivity index (χ2n) is 3.13. The third-order valence-corrected chi connectivity index (χ3v) is 3.22. The molecule has 2 aliphatic heterocycles. The van der Waals surface area contributed by atoms with Gasteiger partial charge in [0.15, 0.2) is 0 Å². The number of amides is 2. The highest BCUT2D eigenvalue weighted by Gasteiger charge is 2.35. The van der Waals surface area contributed by atoms with E-state index in [-0.39, 0.29) is 5.96 Å². The van der Waals surface area contributed by atoms with Crippen molar-refractivity contribution >= 4 is 27.9 Å². The zero-order valence-electron chi connectivity index (χ0n) is 8.05. The molecule has 0 aliphatic carbocycles. The zero-order chi connectivity index (χ0) is 11.2. The summed E-state index contributed by atoms with van der Waals surface area (Å²) >= 11 is 0. The highest BCUT2D eigenvalue weighted by molar-refractivity contribution is 7.88. The second kappa shape index (κ2) is 2.89. The minimum absolute atomic E-state index is 0.115. The third kappa shape index (κ3) is 1.52. The van der Waals surface area contributed by atoms with Gasteiger partial charge in [-0.15, -0.1) is 0 Å². The Morgan fingerprint density at radius 2 is 2.00 bits per heavy atom. The van der Waals surface area contributed by atoms with Crippen molar-refractivity contribution in [2.75, 3.05) is 0 Å². The normalized spacial score (nSPS) is 23.5. The average Bonchev–Trinajstić information content (AvgIpc) is 1.97. The van der Waals surface area contributed by atoms with Gasteiger partial charge in [0.05, 0.1) is 0 Å². The molecule has 0 radical (unpaired) electrons. The maximum Gasteiger partial charge on any atom is 0.359 e. The van der Waals surface area contributed by atoms with E-state index in [0.29, 0.717) is 11.4 Å². The molecule has 2 amide bonds. The molecule has 7 nitrogen and oxygen atoms in total. The van der Waals surface area contributed by atoms with E-state index in [1.54, 1.807) is 24.6 Å². The first-order valence-corrected chi connectivity index (χ1v) is 5.53. The largest absolute Gasteiger partial charge is 0.359 e. The molecule has 2 rings (SSSR count). The number of guanidine groups is 1. The molecule has 0 aromatic carbocycles. The molecule has 0 saturated heterocycles. The van der Waals surface area contributed by atoms with E-state index in [2.05, 4.69) is 9.98 Å². The third-order valence-electron chi connectivity index (χ3n) is 1.85. The van der Waals surface area contributed by atoms with Gasteiger partial charge in [-0.05, 0) is 19.9 Å². The molecule has 0 bridgehead atoms. The number of rotatable bonds is 0. The monoisotopic (exact) mass is 228 g/mol. The number of nitrogens with zero attached hydrogens (tertiary/aromatic N) is 3. The summed E-state index contributed by atoms with van der Waals surface area (Å²) in [5.41, 5.74) is 1.05. The van der Waals surface area contributed by atoms with Crippen LogP contribution >= 0.6 is 0 Å². The van der Waals surface area contributed by atoms with Gasteiger partial charge in [0.1, 0.15) is 0 Å². The highest BCUT2D eigenvalue weighted by Crippen LogP contribution is 2.18. The van der Waals surface area contributed by atoms with E-state index >= 15 is 0 Å². The minimum Gasteiger partial charge on any atom is -0.245 e. The molecule has 2 heterocycles. The van der Waals surface area contributed by atoms with Crippen molar-refractivity contribution in [3.63, 3.8) is 0 Å². The van der Waals surface area contributed by atoms with Crippen molar-refractivity contribution in [1.29, 1.82) is 0 Å². The van der Waals surface area contributed by atoms with Crippen molar-refractivity contribution in [1.82, 2.24) is 9.03 Å². The predicted molar refractivity (Wildman–Crippen MR) is 53.6 cm³/mol. The summed E-state index contributed by atoms with van der Waals surface area (Å²) in [6.45, 7) is 3.30. The van der Waals surface area contributed by atoms with Gasteiger partial charge >= 0.3 is 16.2 Å². The van der Waals surface area contributed by atoms with Crippen LogP contribution in [0, 0.1) is 0 Å². The molecular weight excluding hydrogens is 220 g/mol. The van der Waals surface area contributed by atoms with E-state index in [9.17, 15) is 13.2 Å². The predicted octanol–water partition coefficient (Wildman–Crippen LogP) is -0.00930. The highest BCUT2D eigenvalue weighted by atomic mass is 32.2. The lowest BCUT2D eigenvalue weighted by Gasteiger charge is -2.28. The molecule has 0 unspecified atom stereocenters. The van der Waals surface area contributed by atoms with Crippen LogP contribution in [-0.4, -0.2) is 30.4 Å².